The molecule has 1 heterocycles. The van der Waals surface area contributed by atoms with Crippen molar-refractivity contribution >= 4 is 34.1 Å². The van der Waals surface area contributed by atoms with Crippen LogP contribution >= 0.6 is 11.8 Å². The lowest BCUT2D eigenvalue weighted by atomic mass is 10.0. The molecule has 5 rings (SSSR count). The predicted molar refractivity (Wildman–Crippen MR) is 121 cm³/mol. The lowest BCUT2D eigenvalue weighted by molar-refractivity contribution is 0.102. The van der Waals surface area contributed by atoms with Gasteiger partial charge in [-0.05, 0) is 61.4 Å². The molecular formula is C25H22N2O2S. The van der Waals surface area contributed by atoms with E-state index in [1.807, 2.05) is 44.2 Å². The van der Waals surface area contributed by atoms with Gasteiger partial charge in [-0.25, -0.2) is 0 Å². The van der Waals surface area contributed by atoms with E-state index >= 15 is 0 Å². The number of amides is 1. The zero-order chi connectivity index (χ0) is 20.7. The number of anilines is 1. The third kappa shape index (κ3) is 3.29. The lowest BCUT2D eigenvalue weighted by Crippen LogP contribution is -2.13. The van der Waals surface area contributed by atoms with E-state index < -0.39 is 0 Å². The number of thioether (sulfide) groups is 1. The summed E-state index contributed by atoms with van der Waals surface area (Å²) in [5.41, 5.74) is 6.27. The number of rotatable bonds is 5. The van der Waals surface area contributed by atoms with Crippen LogP contribution in [-0.2, 0) is 18.6 Å². The minimum Gasteiger partial charge on any atom is -0.361 e. The van der Waals surface area contributed by atoms with Crippen LogP contribution in [0, 0.1) is 13.8 Å². The minimum atomic E-state index is -0.0874. The normalized spacial score (nSPS) is 12.5. The van der Waals surface area contributed by atoms with Crippen LogP contribution in [0.5, 0.6) is 0 Å². The molecule has 0 bridgehead atoms. The Morgan fingerprint density at radius 3 is 2.63 bits per heavy atom. The van der Waals surface area contributed by atoms with E-state index in [9.17, 15) is 4.79 Å². The summed E-state index contributed by atoms with van der Waals surface area (Å²) >= 11 is 1.63. The fraction of sp³-hybridized carbons (Fsp3) is 0.200. The highest BCUT2D eigenvalue weighted by atomic mass is 32.2. The van der Waals surface area contributed by atoms with E-state index in [1.165, 1.54) is 16.5 Å². The zero-order valence-corrected chi connectivity index (χ0v) is 17.8. The Balaban J connectivity index is 1.42. The van der Waals surface area contributed by atoms with Gasteiger partial charge in [0.05, 0.1) is 11.3 Å². The molecule has 1 aromatic heterocycles. The van der Waals surface area contributed by atoms with Gasteiger partial charge in [-0.3, -0.25) is 4.79 Å². The molecule has 0 fully saturated rings. The summed E-state index contributed by atoms with van der Waals surface area (Å²) in [5, 5.41) is 9.60. The molecule has 150 valence electrons. The number of carbonyl (C=O) groups excluding carboxylic acids is 1. The first-order valence-corrected chi connectivity index (χ1v) is 11.1. The Labute approximate surface area is 179 Å². The Kier molecular flexibility index (Phi) is 4.83. The molecule has 30 heavy (non-hydrogen) atoms. The molecule has 0 unspecified atom stereocenters. The van der Waals surface area contributed by atoms with Crippen LogP contribution in [0.2, 0.25) is 0 Å². The van der Waals surface area contributed by atoms with Crippen LogP contribution in [0.1, 0.15) is 38.5 Å². The van der Waals surface area contributed by atoms with E-state index in [0.29, 0.717) is 11.3 Å². The maximum atomic E-state index is 13.2. The van der Waals surface area contributed by atoms with Crippen LogP contribution < -0.4 is 5.32 Å². The molecule has 1 N–H and O–H groups in total. The molecule has 0 saturated heterocycles. The van der Waals surface area contributed by atoms with E-state index in [0.717, 1.165) is 45.8 Å². The van der Waals surface area contributed by atoms with Gasteiger partial charge in [-0.15, -0.1) is 11.8 Å². The second kappa shape index (κ2) is 7.65. The summed E-state index contributed by atoms with van der Waals surface area (Å²) in [7, 11) is 0. The topological polar surface area (TPSA) is 55.1 Å². The number of aryl methyl sites for hydroxylation is 4. The second-order valence-electron chi connectivity index (χ2n) is 7.65. The van der Waals surface area contributed by atoms with Gasteiger partial charge in [0, 0.05) is 27.3 Å². The molecule has 1 amide bonds. The highest BCUT2D eigenvalue weighted by molar-refractivity contribution is 7.98. The fourth-order valence-corrected chi connectivity index (χ4v) is 5.39. The van der Waals surface area contributed by atoms with Gasteiger partial charge in [-0.2, -0.15) is 0 Å². The first-order chi connectivity index (χ1) is 14.6. The van der Waals surface area contributed by atoms with E-state index in [2.05, 4.69) is 34.7 Å². The number of benzene rings is 3. The van der Waals surface area contributed by atoms with Crippen molar-refractivity contribution in [2.24, 2.45) is 0 Å². The van der Waals surface area contributed by atoms with Crippen LogP contribution in [0.15, 0.2) is 64.0 Å². The molecule has 3 aromatic carbocycles. The van der Waals surface area contributed by atoms with Crippen molar-refractivity contribution in [3.63, 3.8) is 0 Å². The summed E-state index contributed by atoms with van der Waals surface area (Å²) in [6.07, 6.45) is 2.15. The molecule has 1 aliphatic carbocycles. The fourth-order valence-electron chi connectivity index (χ4n) is 4.18. The maximum absolute atomic E-state index is 13.2. The van der Waals surface area contributed by atoms with Crippen molar-refractivity contribution in [3.8, 4) is 0 Å². The van der Waals surface area contributed by atoms with Gasteiger partial charge in [0.15, 0.2) is 0 Å². The van der Waals surface area contributed by atoms with Gasteiger partial charge in [0.25, 0.3) is 5.91 Å². The van der Waals surface area contributed by atoms with Crippen LogP contribution in [-0.4, -0.2) is 11.1 Å². The molecule has 0 spiro atoms. The number of hydrogen-bond acceptors (Lipinski definition) is 4. The summed E-state index contributed by atoms with van der Waals surface area (Å²) in [6, 6.07) is 18.3. The third-order valence-corrected chi connectivity index (χ3v) is 6.91. The standard InChI is InChI=1S/C25H22N2O2S/c1-15-21(16(2)29-27-15)14-30-23-9-4-3-7-20(23)25(28)26-22-13-12-18-11-10-17-6-5-8-19(22)24(17)18/h3-9,12-13H,10-11,14H2,1-2H3,(H,26,28). The summed E-state index contributed by atoms with van der Waals surface area (Å²) in [6.45, 7) is 3.87. The maximum Gasteiger partial charge on any atom is 0.256 e. The van der Waals surface area contributed by atoms with Gasteiger partial charge in [0.1, 0.15) is 5.76 Å². The van der Waals surface area contributed by atoms with Gasteiger partial charge in [-0.1, -0.05) is 41.6 Å². The monoisotopic (exact) mass is 414 g/mol. The zero-order valence-electron chi connectivity index (χ0n) is 17.0. The van der Waals surface area contributed by atoms with E-state index in [-0.39, 0.29) is 5.91 Å². The smallest absolute Gasteiger partial charge is 0.256 e. The second-order valence-corrected chi connectivity index (χ2v) is 8.67. The Morgan fingerprint density at radius 1 is 1.03 bits per heavy atom. The molecule has 0 aliphatic heterocycles. The summed E-state index contributed by atoms with van der Waals surface area (Å²) in [4.78, 5) is 14.1. The molecule has 1 aliphatic rings. The highest BCUT2D eigenvalue weighted by Gasteiger charge is 2.18. The Morgan fingerprint density at radius 2 is 1.83 bits per heavy atom. The molecule has 0 saturated carbocycles. The quantitative estimate of drug-likeness (QED) is 0.402. The lowest BCUT2D eigenvalue weighted by Gasteiger charge is -2.13. The van der Waals surface area contributed by atoms with E-state index in [1.54, 1.807) is 11.8 Å². The summed E-state index contributed by atoms with van der Waals surface area (Å²) < 4.78 is 5.26. The predicted octanol–water partition coefficient (Wildman–Crippen LogP) is 6.09. The van der Waals surface area contributed by atoms with Gasteiger partial charge >= 0.3 is 0 Å². The first kappa shape index (κ1) is 18.9. The SMILES string of the molecule is Cc1noc(C)c1CSc1ccccc1C(=O)Nc1ccc2c3c(cccc13)CC2. The summed E-state index contributed by atoms with van der Waals surface area (Å²) in [5.74, 6) is 1.46. The average molecular weight is 415 g/mol. The van der Waals surface area contributed by atoms with Crippen LogP contribution in [0.25, 0.3) is 10.8 Å². The number of nitrogens with one attached hydrogen (secondary N) is 1. The number of aromatic nitrogens is 1. The van der Waals surface area contributed by atoms with Crippen molar-refractivity contribution in [1.82, 2.24) is 5.16 Å². The Hall–Kier alpha value is -3.05. The minimum absolute atomic E-state index is 0.0874. The van der Waals surface area contributed by atoms with Gasteiger partial charge in [0.2, 0.25) is 0 Å². The largest absolute Gasteiger partial charge is 0.361 e. The molecule has 4 aromatic rings. The van der Waals surface area contributed by atoms with Crippen molar-refractivity contribution in [2.75, 3.05) is 5.32 Å². The average Bonchev–Trinajstić information content (AvgIpc) is 3.33. The molecule has 5 heteroatoms. The van der Waals surface area contributed by atoms with Crippen LogP contribution in [0.4, 0.5) is 5.69 Å². The third-order valence-electron chi connectivity index (χ3n) is 5.81. The number of carbonyl (C=O) groups is 1. The molecule has 4 nitrogen and oxygen atoms in total. The molecule has 0 radical (unpaired) electrons. The Bertz CT molecular complexity index is 1250. The molecule has 0 atom stereocenters. The van der Waals surface area contributed by atoms with Crippen molar-refractivity contribution in [1.29, 1.82) is 0 Å². The highest BCUT2D eigenvalue weighted by Crippen LogP contribution is 2.36. The molecular weight excluding hydrogens is 392 g/mol. The van der Waals surface area contributed by atoms with Crippen molar-refractivity contribution in [3.05, 3.63) is 88.3 Å². The first-order valence-electron chi connectivity index (χ1n) is 10.1. The van der Waals surface area contributed by atoms with E-state index in [4.69, 9.17) is 4.52 Å². The van der Waals surface area contributed by atoms with Crippen molar-refractivity contribution < 1.29 is 9.32 Å². The number of nitrogens with zero attached hydrogens (tertiary/aromatic N) is 1. The van der Waals surface area contributed by atoms with Crippen LogP contribution in [0.3, 0.4) is 0 Å². The van der Waals surface area contributed by atoms with Crippen molar-refractivity contribution in [2.45, 2.75) is 37.3 Å². The van der Waals surface area contributed by atoms with Gasteiger partial charge < -0.3 is 9.84 Å². The number of hydrogen-bond donors (Lipinski definition) is 1.